The van der Waals surface area contributed by atoms with Crippen LogP contribution in [0.1, 0.15) is 27.7 Å². The highest BCUT2D eigenvalue weighted by atomic mass is 32.2. The van der Waals surface area contributed by atoms with Gasteiger partial charge in [-0.2, -0.15) is 8.78 Å². The Morgan fingerprint density at radius 1 is 0.929 bits per heavy atom. The second-order valence-electron chi connectivity index (χ2n) is 7.24. The van der Waals surface area contributed by atoms with Crippen LogP contribution >= 0.6 is 0 Å². The van der Waals surface area contributed by atoms with Crippen molar-refractivity contribution < 1.29 is 26.7 Å². The van der Waals surface area contributed by atoms with E-state index in [4.69, 9.17) is 0 Å². The predicted octanol–water partition coefficient (Wildman–Crippen LogP) is 4.46. The molecular weight excluding hydrogens is 390 g/mol. The number of amides is 1. The minimum atomic E-state index is -4.17. The molecule has 9 heteroatoms. The van der Waals surface area contributed by atoms with Gasteiger partial charge in [0, 0.05) is 23.7 Å². The average molecular weight is 412 g/mol. The molecule has 0 heterocycles. The van der Waals surface area contributed by atoms with E-state index < -0.39 is 32.2 Å². The Labute approximate surface area is 163 Å². The van der Waals surface area contributed by atoms with Crippen LogP contribution in [-0.4, -0.2) is 20.4 Å². The van der Waals surface area contributed by atoms with Crippen molar-refractivity contribution in [3.8, 4) is 5.75 Å². The van der Waals surface area contributed by atoms with Gasteiger partial charge in [-0.15, -0.1) is 0 Å². The molecule has 0 spiro atoms. The van der Waals surface area contributed by atoms with E-state index in [2.05, 4.69) is 14.8 Å². The third kappa shape index (κ3) is 5.91. The first-order chi connectivity index (χ1) is 12.8. The van der Waals surface area contributed by atoms with E-state index in [0.29, 0.717) is 12.6 Å². The van der Waals surface area contributed by atoms with Crippen LogP contribution in [0.3, 0.4) is 0 Å². The lowest BCUT2D eigenvalue weighted by atomic mass is 9.95. The molecule has 1 amide bonds. The van der Waals surface area contributed by atoms with Crippen LogP contribution in [0, 0.1) is 5.41 Å². The van der Waals surface area contributed by atoms with Crippen LogP contribution in [0.25, 0.3) is 0 Å². The molecule has 0 aromatic heterocycles. The third-order valence-corrected chi connectivity index (χ3v) is 4.92. The maximum absolute atomic E-state index is 13.2. The molecule has 0 saturated heterocycles. The maximum atomic E-state index is 13.2. The van der Waals surface area contributed by atoms with E-state index in [9.17, 15) is 22.0 Å². The molecule has 152 valence electrons. The first kappa shape index (κ1) is 21.6. The number of ether oxygens (including phenoxy) is 1. The monoisotopic (exact) mass is 412 g/mol. The van der Waals surface area contributed by atoms with Gasteiger partial charge < -0.3 is 10.1 Å². The molecule has 2 aromatic rings. The summed E-state index contributed by atoms with van der Waals surface area (Å²) in [6, 6.07) is 11.1. The Kier molecular flexibility index (Phi) is 5.98. The van der Waals surface area contributed by atoms with Crippen molar-refractivity contribution in [1.29, 1.82) is 0 Å². The summed E-state index contributed by atoms with van der Waals surface area (Å²) >= 11 is 0. The second kappa shape index (κ2) is 7.75. The largest absolute Gasteiger partial charge is 0.431 e. The molecule has 0 aliphatic rings. The first-order valence-corrected chi connectivity index (χ1v) is 9.86. The lowest BCUT2D eigenvalue weighted by Gasteiger charge is -2.18. The maximum Gasteiger partial charge on any atom is 0.394 e. The van der Waals surface area contributed by atoms with Crippen LogP contribution in [0.4, 0.5) is 20.2 Å². The minimum absolute atomic E-state index is 0.188. The van der Waals surface area contributed by atoms with Crippen molar-refractivity contribution in [2.45, 2.75) is 38.7 Å². The molecule has 0 bridgehead atoms. The fourth-order valence-electron chi connectivity index (χ4n) is 2.10. The summed E-state index contributed by atoms with van der Waals surface area (Å²) in [7, 11) is -4.17. The van der Waals surface area contributed by atoms with Gasteiger partial charge in [-0.3, -0.25) is 9.52 Å². The number of carbonyl (C=O) groups is 1. The first-order valence-electron chi connectivity index (χ1n) is 8.38. The van der Waals surface area contributed by atoms with Gasteiger partial charge in [0.15, 0.2) is 0 Å². The number of nitrogens with one attached hydrogen (secondary N) is 2. The molecule has 2 rings (SSSR count). The number of hydrogen-bond donors (Lipinski definition) is 2. The molecule has 2 N–H and O–H groups in total. The van der Waals surface area contributed by atoms with Gasteiger partial charge in [0.05, 0.1) is 0 Å². The number of halogens is 2. The molecule has 6 nitrogen and oxygen atoms in total. The number of hydrogen-bond acceptors (Lipinski definition) is 4. The molecule has 0 atom stereocenters. The van der Waals surface area contributed by atoms with Crippen molar-refractivity contribution in [2.24, 2.45) is 5.41 Å². The molecule has 28 heavy (non-hydrogen) atoms. The summed E-state index contributed by atoms with van der Waals surface area (Å²) in [6.07, 6.45) is -3.53. The lowest BCUT2D eigenvalue weighted by Crippen LogP contribution is -2.27. The SMILES string of the molecule is CC(F)(F)Oc1ccccc1S(=O)(=O)Nc1ccc(NC(=O)C(C)(C)C)cc1. The summed E-state index contributed by atoms with van der Waals surface area (Å²) in [5, 5.41) is 2.72. The fraction of sp³-hybridized carbons (Fsp3) is 0.316. The zero-order chi connectivity index (χ0) is 21.2. The summed E-state index contributed by atoms with van der Waals surface area (Å²) in [4.78, 5) is 11.6. The summed E-state index contributed by atoms with van der Waals surface area (Å²) in [5.41, 5.74) is 0.120. The Bertz CT molecular complexity index is 947. The molecule has 0 aliphatic carbocycles. The quantitative estimate of drug-likeness (QED) is 0.734. The number of rotatable bonds is 6. The molecule has 0 fully saturated rings. The predicted molar refractivity (Wildman–Crippen MR) is 103 cm³/mol. The summed E-state index contributed by atoms with van der Waals surface area (Å²) in [5.74, 6) is -0.649. The van der Waals surface area contributed by atoms with Crippen LogP contribution in [0.15, 0.2) is 53.4 Å². The van der Waals surface area contributed by atoms with E-state index in [1.807, 2.05) is 0 Å². The van der Waals surface area contributed by atoms with Gasteiger partial charge in [0.25, 0.3) is 10.0 Å². The van der Waals surface area contributed by atoms with Crippen LogP contribution < -0.4 is 14.8 Å². The van der Waals surface area contributed by atoms with E-state index >= 15 is 0 Å². The van der Waals surface area contributed by atoms with Gasteiger partial charge >= 0.3 is 6.11 Å². The highest BCUT2D eigenvalue weighted by molar-refractivity contribution is 7.92. The van der Waals surface area contributed by atoms with E-state index in [1.54, 1.807) is 20.8 Å². The van der Waals surface area contributed by atoms with Crippen molar-refractivity contribution in [3.05, 3.63) is 48.5 Å². The molecule has 2 aromatic carbocycles. The third-order valence-electron chi connectivity index (χ3n) is 3.50. The van der Waals surface area contributed by atoms with Crippen LogP contribution in [-0.2, 0) is 14.8 Å². The van der Waals surface area contributed by atoms with E-state index in [0.717, 1.165) is 6.07 Å². The zero-order valence-corrected chi connectivity index (χ0v) is 16.7. The fourth-order valence-corrected chi connectivity index (χ4v) is 3.29. The summed E-state index contributed by atoms with van der Waals surface area (Å²) < 4.78 is 58.3. The minimum Gasteiger partial charge on any atom is -0.431 e. The van der Waals surface area contributed by atoms with Crippen molar-refractivity contribution in [1.82, 2.24) is 0 Å². The van der Waals surface area contributed by atoms with Crippen LogP contribution in [0.2, 0.25) is 0 Å². The lowest BCUT2D eigenvalue weighted by molar-refractivity contribution is -0.160. The number of benzene rings is 2. The van der Waals surface area contributed by atoms with Gasteiger partial charge in [-0.25, -0.2) is 8.42 Å². The van der Waals surface area contributed by atoms with Gasteiger partial charge in [-0.05, 0) is 36.4 Å². The molecule has 0 saturated carbocycles. The number of anilines is 2. The number of carbonyl (C=O) groups excluding carboxylic acids is 1. The van der Waals surface area contributed by atoms with Gasteiger partial charge in [0.2, 0.25) is 5.91 Å². The van der Waals surface area contributed by atoms with E-state index in [1.165, 1.54) is 42.5 Å². The van der Waals surface area contributed by atoms with Crippen LogP contribution in [0.5, 0.6) is 5.75 Å². The Morgan fingerprint density at radius 2 is 1.46 bits per heavy atom. The second-order valence-corrected chi connectivity index (χ2v) is 8.89. The topological polar surface area (TPSA) is 84.5 Å². The smallest absolute Gasteiger partial charge is 0.394 e. The van der Waals surface area contributed by atoms with Gasteiger partial charge in [0.1, 0.15) is 10.6 Å². The Balaban J connectivity index is 2.21. The molecular formula is C19H22F2N2O4S. The highest BCUT2D eigenvalue weighted by Gasteiger charge is 2.28. The van der Waals surface area contributed by atoms with Gasteiger partial charge in [-0.1, -0.05) is 32.9 Å². The average Bonchev–Trinajstić information content (AvgIpc) is 2.54. The summed E-state index contributed by atoms with van der Waals surface area (Å²) in [6.45, 7) is 5.83. The number of para-hydroxylation sites is 1. The Hall–Kier alpha value is -2.68. The number of sulfonamides is 1. The standard InChI is InChI=1S/C19H22F2N2O4S/c1-18(2,3)17(24)22-13-9-11-14(12-10-13)23-28(25,26)16-8-6-5-7-15(16)27-19(4,20)21/h5-12,23H,1-4H3,(H,22,24). The molecule has 0 unspecified atom stereocenters. The van der Waals surface area contributed by atoms with E-state index in [-0.39, 0.29) is 11.6 Å². The molecule has 0 radical (unpaired) electrons. The van der Waals surface area contributed by atoms with Crippen molar-refractivity contribution in [2.75, 3.05) is 10.0 Å². The van der Waals surface area contributed by atoms with Crippen molar-refractivity contribution >= 4 is 27.3 Å². The normalized spacial score (nSPS) is 12.4. The zero-order valence-electron chi connectivity index (χ0n) is 15.9. The molecule has 0 aliphatic heterocycles. The van der Waals surface area contributed by atoms with Crippen molar-refractivity contribution in [3.63, 3.8) is 0 Å². The highest BCUT2D eigenvalue weighted by Crippen LogP contribution is 2.30. The number of alkyl halides is 2. The Morgan fingerprint density at radius 3 is 2.00 bits per heavy atom.